The van der Waals surface area contributed by atoms with E-state index in [4.69, 9.17) is 20.8 Å². The van der Waals surface area contributed by atoms with Gasteiger partial charge in [-0.1, -0.05) is 30.7 Å². The van der Waals surface area contributed by atoms with Crippen molar-refractivity contribution in [2.45, 2.75) is 25.8 Å². The maximum atomic E-state index is 6.20. The van der Waals surface area contributed by atoms with Crippen LogP contribution in [0.2, 0.25) is 5.02 Å². The monoisotopic (exact) mass is 293 g/mol. The standard InChI is InChI=1S/C16H20ClNO2/c1-2-18-15(11-6-8-19-9-7-11)14-10-12-4-3-5-13(17)16(12)20-14/h3-5,10-11,15,18H,2,6-9H2,1H3. The van der Waals surface area contributed by atoms with Crippen molar-refractivity contribution in [3.05, 3.63) is 35.0 Å². The van der Waals surface area contributed by atoms with Gasteiger partial charge in [-0.15, -0.1) is 0 Å². The molecule has 0 spiro atoms. The number of para-hydroxylation sites is 1. The van der Waals surface area contributed by atoms with Gasteiger partial charge in [0.15, 0.2) is 5.58 Å². The van der Waals surface area contributed by atoms with Gasteiger partial charge in [0.05, 0.1) is 11.1 Å². The van der Waals surface area contributed by atoms with Crippen LogP contribution in [0, 0.1) is 5.92 Å². The average molecular weight is 294 g/mol. The van der Waals surface area contributed by atoms with Crippen LogP contribution in [0.25, 0.3) is 11.0 Å². The smallest absolute Gasteiger partial charge is 0.152 e. The number of ether oxygens (including phenoxy) is 1. The number of hydrogen-bond donors (Lipinski definition) is 1. The molecule has 3 rings (SSSR count). The fraction of sp³-hybridized carbons (Fsp3) is 0.500. The number of furan rings is 1. The maximum absolute atomic E-state index is 6.20. The third kappa shape index (κ3) is 2.71. The SMILES string of the molecule is CCNC(c1cc2cccc(Cl)c2o1)C1CCOCC1. The van der Waals surface area contributed by atoms with Crippen LogP contribution in [0.15, 0.2) is 28.7 Å². The number of benzene rings is 1. The van der Waals surface area contributed by atoms with Gasteiger partial charge < -0.3 is 14.5 Å². The molecule has 1 fully saturated rings. The third-order valence-electron chi connectivity index (χ3n) is 3.98. The molecule has 2 aromatic rings. The van der Waals surface area contributed by atoms with E-state index in [1.165, 1.54) is 0 Å². The lowest BCUT2D eigenvalue weighted by atomic mass is 9.90. The van der Waals surface area contributed by atoms with Gasteiger partial charge in [0.1, 0.15) is 5.76 Å². The van der Waals surface area contributed by atoms with Crippen LogP contribution >= 0.6 is 11.6 Å². The van der Waals surface area contributed by atoms with E-state index in [1.54, 1.807) is 0 Å². The highest BCUT2D eigenvalue weighted by Crippen LogP contribution is 2.35. The molecular formula is C16H20ClNO2. The topological polar surface area (TPSA) is 34.4 Å². The normalized spacial score (nSPS) is 18.5. The largest absolute Gasteiger partial charge is 0.458 e. The van der Waals surface area contributed by atoms with Gasteiger partial charge in [0.25, 0.3) is 0 Å². The molecule has 3 nitrogen and oxygen atoms in total. The first-order chi connectivity index (χ1) is 9.79. The molecule has 4 heteroatoms. The lowest BCUT2D eigenvalue weighted by Crippen LogP contribution is -2.31. The Hall–Kier alpha value is -1.03. The van der Waals surface area contributed by atoms with Gasteiger partial charge in [-0.2, -0.15) is 0 Å². The summed E-state index contributed by atoms with van der Waals surface area (Å²) in [6.45, 7) is 4.73. The molecule has 1 unspecified atom stereocenters. The lowest BCUT2D eigenvalue weighted by molar-refractivity contribution is 0.0511. The van der Waals surface area contributed by atoms with Gasteiger partial charge in [-0.05, 0) is 37.4 Å². The molecule has 0 aliphatic carbocycles. The van der Waals surface area contributed by atoms with E-state index in [9.17, 15) is 0 Å². The maximum Gasteiger partial charge on any atom is 0.152 e. The molecule has 1 atom stereocenters. The second-order valence-corrected chi connectivity index (χ2v) is 5.70. The van der Waals surface area contributed by atoms with Crippen LogP contribution in [-0.4, -0.2) is 19.8 Å². The van der Waals surface area contributed by atoms with Crippen LogP contribution in [0.1, 0.15) is 31.6 Å². The van der Waals surface area contributed by atoms with Gasteiger partial charge >= 0.3 is 0 Å². The molecular weight excluding hydrogens is 274 g/mol. The fourth-order valence-corrected chi connectivity index (χ4v) is 3.19. The van der Waals surface area contributed by atoms with Crippen molar-refractivity contribution in [1.82, 2.24) is 5.32 Å². The molecule has 1 aromatic heterocycles. The van der Waals surface area contributed by atoms with E-state index in [2.05, 4.69) is 18.3 Å². The zero-order valence-electron chi connectivity index (χ0n) is 11.7. The number of fused-ring (bicyclic) bond motifs is 1. The van der Waals surface area contributed by atoms with Crippen molar-refractivity contribution >= 4 is 22.6 Å². The van der Waals surface area contributed by atoms with Gasteiger partial charge in [0, 0.05) is 18.6 Å². The van der Waals surface area contributed by atoms with Crippen molar-refractivity contribution in [2.24, 2.45) is 5.92 Å². The van der Waals surface area contributed by atoms with Crippen LogP contribution in [0.4, 0.5) is 0 Å². The van der Waals surface area contributed by atoms with E-state index in [-0.39, 0.29) is 6.04 Å². The minimum absolute atomic E-state index is 0.243. The molecule has 2 heterocycles. The number of halogens is 1. The van der Waals surface area contributed by atoms with Crippen molar-refractivity contribution in [3.63, 3.8) is 0 Å². The van der Waals surface area contributed by atoms with E-state index in [0.29, 0.717) is 10.9 Å². The second-order valence-electron chi connectivity index (χ2n) is 5.29. The molecule has 1 aliphatic heterocycles. The predicted molar refractivity (Wildman–Crippen MR) is 81.2 cm³/mol. The van der Waals surface area contributed by atoms with Crippen molar-refractivity contribution < 1.29 is 9.15 Å². The van der Waals surface area contributed by atoms with Crippen molar-refractivity contribution in [3.8, 4) is 0 Å². The quantitative estimate of drug-likeness (QED) is 0.919. The summed E-state index contributed by atoms with van der Waals surface area (Å²) in [6, 6.07) is 8.23. The molecule has 1 aromatic carbocycles. The first-order valence-corrected chi connectivity index (χ1v) is 7.66. The van der Waals surface area contributed by atoms with E-state index in [1.807, 2.05) is 18.2 Å². The summed E-state index contributed by atoms with van der Waals surface area (Å²) < 4.78 is 11.5. The molecule has 0 amide bonds. The lowest BCUT2D eigenvalue weighted by Gasteiger charge is -2.29. The summed E-state index contributed by atoms with van der Waals surface area (Å²) in [6.07, 6.45) is 2.14. The highest BCUT2D eigenvalue weighted by Gasteiger charge is 2.27. The minimum atomic E-state index is 0.243. The van der Waals surface area contributed by atoms with E-state index < -0.39 is 0 Å². The van der Waals surface area contributed by atoms with E-state index in [0.717, 1.165) is 49.3 Å². The first kappa shape index (κ1) is 13.9. The first-order valence-electron chi connectivity index (χ1n) is 7.28. The second kappa shape index (κ2) is 6.17. The summed E-state index contributed by atoms with van der Waals surface area (Å²) in [5.74, 6) is 1.55. The zero-order valence-corrected chi connectivity index (χ0v) is 12.5. The highest BCUT2D eigenvalue weighted by atomic mass is 35.5. The number of rotatable bonds is 4. The predicted octanol–water partition coefficient (Wildman–Crippen LogP) is 4.16. The summed E-state index contributed by atoms with van der Waals surface area (Å²) in [5, 5.41) is 5.31. The van der Waals surface area contributed by atoms with Crippen molar-refractivity contribution in [2.75, 3.05) is 19.8 Å². The number of hydrogen-bond acceptors (Lipinski definition) is 3. The molecule has 20 heavy (non-hydrogen) atoms. The van der Waals surface area contributed by atoms with Crippen molar-refractivity contribution in [1.29, 1.82) is 0 Å². The Morgan fingerprint density at radius 2 is 2.15 bits per heavy atom. The Labute approximate surface area is 124 Å². The molecule has 108 valence electrons. The Morgan fingerprint density at radius 3 is 2.85 bits per heavy atom. The molecule has 1 saturated heterocycles. The van der Waals surface area contributed by atoms with Gasteiger partial charge in [-0.25, -0.2) is 0 Å². The summed E-state index contributed by atoms with van der Waals surface area (Å²) in [7, 11) is 0. The number of nitrogens with one attached hydrogen (secondary N) is 1. The third-order valence-corrected chi connectivity index (χ3v) is 4.28. The summed E-state index contributed by atoms with van der Waals surface area (Å²) in [4.78, 5) is 0. The molecule has 1 N–H and O–H groups in total. The molecule has 0 saturated carbocycles. The van der Waals surface area contributed by atoms with Gasteiger partial charge in [0.2, 0.25) is 0 Å². The van der Waals surface area contributed by atoms with Gasteiger partial charge in [-0.3, -0.25) is 0 Å². The van der Waals surface area contributed by atoms with Crippen LogP contribution in [-0.2, 0) is 4.74 Å². The molecule has 0 radical (unpaired) electrons. The van der Waals surface area contributed by atoms with Crippen LogP contribution < -0.4 is 5.32 Å². The zero-order chi connectivity index (χ0) is 13.9. The highest BCUT2D eigenvalue weighted by molar-refractivity contribution is 6.34. The Morgan fingerprint density at radius 1 is 1.35 bits per heavy atom. The summed E-state index contributed by atoms with van der Waals surface area (Å²) >= 11 is 6.20. The average Bonchev–Trinajstić information content (AvgIpc) is 2.91. The van der Waals surface area contributed by atoms with Crippen LogP contribution in [0.5, 0.6) is 0 Å². The van der Waals surface area contributed by atoms with E-state index >= 15 is 0 Å². The fourth-order valence-electron chi connectivity index (χ4n) is 2.97. The summed E-state index contributed by atoms with van der Waals surface area (Å²) in [5.41, 5.74) is 0.791. The Balaban J connectivity index is 1.93. The molecule has 0 bridgehead atoms. The Kier molecular flexibility index (Phi) is 4.29. The van der Waals surface area contributed by atoms with Crippen LogP contribution in [0.3, 0.4) is 0 Å². The Bertz CT molecular complexity index is 575. The minimum Gasteiger partial charge on any atom is -0.458 e. The molecule has 1 aliphatic rings.